The summed E-state index contributed by atoms with van der Waals surface area (Å²) in [6.07, 6.45) is 2.06. The van der Waals surface area contributed by atoms with Crippen LogP contribution in [-0.2, 0) is 16.0 Å². The first-order valence-corrected chi connectivity index (χ1v) is 8.94. The molecule has 3 rings (SSSR count). The van der Waals surface area contributed by atoms with Gasteiger partial charge in [-0.3, -0.25) is 9.69 Å². The molecule has 0 aromatic heterocycles. The topological polar surface area (TPSA) is 58.6 Å². The Labute approximate surface area is 154 Å². The smallest absolute Gasteiger partial charge is 0.340 e. The van der Waals surface area contributed by atoms with Crippen molar-refractivity contribution in [2.75, 3.05) is 25.5 Å². The average Bonchev–Trinajstić information content (AvgIpc) is 3.06. The molecule has 0 spiro atoms. The lowest BCUT2D eigenvalue weighted by Crippen LogP contribution is -2.32. The normalized spacial score (nSPS) is 15.6. The molecule has 0 unspecified atom stereocenters. The summed E-state index contributed by atoms with van der Waals surface area (Å²) < 4.78 is 5.05. The fourth-order valence-electron chi connectivity index (χ4n) is 3.50. The molecule has 0 aliphatic heterocycles. The van der Waals surface area contributed by atoms with Gasteiger partial charge in [-0.1, -0.05) is 36.4 Å². The molecule has 0 fully saturated rings. The number of carbonyl (C=O) groups is 2. The molecular weight excluding hydrogens is 328 g/mol. The van der Waals surface area contributed by atoms with Crippen LogP contribution >= 0.6 is 0 Å². The SMILES string of the molecule is CCOC(=O)c1ccccc1NC(=O)CN(C)[C@H]1CCc2ccccc21. The molecule has 136 valence electrons. The molecule has 0 radical (unpaired) electrons. The van der Waals surface area contributed by atoms with Gasteiger partial charge in [0.1, 0.15) is 0 Å². The molecule has 5 heteroatoms. The molecule has 2 aromatic rings. The quantitative estimate of drug-likeness (QED) is 0.810. The van der Waals surface area contributed by atoms with Crippen LogP contribution in [0.15, 0.2) is 48.5 Å². The van der Waals surface area contributed by atoms with Gasteiger partial charge in [-0.2, -0.15) is 0 Å². The van der Waals surface area contributed by atoms with Crippen molar-refractivity contribution in [1.82, 2.24) is 4.90 Å². The fourth-order valence-corrected chi connectivity index (χ4v) is 3.50. The first kappa shape index (κ1) is 18.1. The van der Waals surface area contributed by atoms with E-state index in [2.05, 4.69) is 28.4 Å². The number of rotatable bonds is 6. The number of benzene rings is 2. The number of anilines is 1. The Morgan fingerprint density at radius 1 is 1.15 bits per heavy atom. The summed E-state index contributed by atoms with van der Waals surface area (Å²) >= 11 is 0. The number of esters is 1. The zero-order valence-corrected chi connectivity index (χ0v) is 15.2. The Bertz CT molecular complexity index is 803. The van der Waals surface area contributed by atoms with E-state index < -0.39 is 5.97 Å². The predicted octanol–water partition coefficient (Wildman–Crippen LogP) is 3.42. The van der Waals surface area contributed by atoms with Crippen molar-refractivity contribution in [3.8, 4) is 0 Å². The van der Waals surface area contributed by atoms with Gasteiger partial charge in [0.05, 0.1) is 24.4 Å². The van der Waals surface area contributed by atoms with Gasteiger partial charge < -0.3 is 10.1 Å². The van der Waals surface area contributed by atoms with Gasteiger partial charge >= 0.3 is 5.97 Å². The van der Waals surface area contributed by atoms with E-state index in [9.17, 15) is 9.59 Å². The second kappa shape index (κ2) is 8.15. The number of nitrogens with one attached hydrogen (secondary N) is 1. The molecule has 5 nitrogen and oxygen atoms in total. The number of likely N-dealkylation sites (N-methyl/N-ethyl adjacent to an activating group) is 1. The van der Waals surface area contributed by atoms with Gasteiger partial charge in [-0.25, -0.2) is 4.79 Å². The lowest BCUT2D eigenvalue weighted by atomic mass is 10.1. The van der Waals surface area contributed by atoms with Crippen molar-refractivity contribution in [3.63, 3.8) is 0 Å². The highest BCUT2D eigenvalue weighted by Gasteiger charge is 2.26. The number of amides is 1. The number of ether oxygens (including phenoxy) is 1. The first-order chi connectivity index (χ1) is 12.6. The van der Waals surface area contributed by atoms with Crippen LogP contribution in [0.1, 0.15) is 40.9 Å². The summed E-state index contributed by atoms with van der Waals surface area (Å²) in [6.45, 7) is 2.31. The molecule has 1 amide bonds. The summed E-state index contributed by atoms with van der Waals surface area (Å²) in [4.78, 5) is 26.6. The van der Waals surface area contributed by atoms with Crippen molar-refractivity contribution >= 4 is 17.6 Å². The molecule has 0 heterocycles. The maximum atomic E-state index is 12.5. The van der Waals surface area contributed by atoms with Crippen LogP contribution in [0.5, 0.6) is 0 Å². The third-order valence-corrected chi connectivity index (χ3v) is 4.72. The minimum atomic E-state index is -0.429. The third-order valence-electron chi connectivity index (χ3n) is 4.72. The lowest BCUT2D eigenvalue weighted by molar-refractivity contribution is -0.117. The van der Waals surface area contributed by atoms with Gasteiger partial charge in [-0.05, 0) is 50.1 Å². The number of hydrogen-bond acceptors (Lipinski definition) is 4. The highest BCUT2D eigenvalue weighted by atomic mass is 16.5. The van der Waals surface area contributed by atoms with E-state index in [0.29, 0.717) is 17.9 Å². The van der Waals surface area contributed by atoms with Crippen molar-refractivity contribution in [1.29, 1.82) is 0 Å². The standard InChI is InChI=1S/C21H24N2O3/c1-3-26-21(25)17-10-6-7-11-18(17)22-20(24)14-23(2)19-13-12-15-8-4-5-9-16(15)19/h4-11,19H,3,12-14H2,1-2H3,(H,22,24)/t19-/m0/s1. The number of hydrogen-bond donors (Lipinski definition) is 1. The van der Waals surface area contributed by atoms with E-state index in [1.165, 1.54) is 11.1 Å². The highest BCUT2D eigenvalue weighted by molar-refractivity contribution is 6.01. The molecule has 0 bridgehead atoms. The maximum absolute atomic E-state index is 12.5. The largest absolute Gasteiger partial charge is 0.462 e. The minimum absolute atomic E-state index is 0.145. The zero-order chi connectivity index (χ0) is 18.5. The Kier molecular flexibility index (Phi) is 5.68. The van der Waals surface area contributed by atoms with Gasteiger partial charge in [0, 0.05) is 6.04 Å². The Morgan fingerprint density at radius 2 is 1.88 bits per heavy atom. The maximum Gasteiger partial charge on any atom is 0.340 e. The minimum Gasteiger partial charge on any atom is -0.462 e. The summed E-state index contributed by atoms with van der Waals surface area (Å²) in [6, 6.07) is 15.5. The van der Waals surface area contributed by atoms with Crippen LogP contribution in [0.3, 0.4) is 0 Å². The van der Waals surface area contributed by atoms with Crippen LogP contribution in [0.2, 0.25) is 0 Å². The predicted molar refractivity (Wildman–Crippen MR) is 101 cm³/mol. The first-order valence-electron chi connectivity index (χ1n) is 8.94. The van der Waals surface area contributed by atoms with E-state index in [1.54, 1.807) is 31.2 Å². The molecular formula is C21H24N2O3. The fraction of sp³-hybridized carbons (Fsp3) is 0.333. The number of fused-ring (bicyclic) bond motifs is 1. The highest BCUT2D eigenvalue weighted by Crippen LogP contribution is 2.34. The molecule has 26 heavy (non-hydrogen) atoms. The molecule has 1 aliphatic rings. The van der Waals surface area contributed by atoms with Crippen LogP contribution < -0.4 is 5.32 Å². The molecule has 1 aliphatic carbocycles. The van der Waals surface area contributed by atoms with Gasteiger partial charge in [0.15, 0.2) is 0 Å². The second-order valence-corrected chi connectivity index (χ2v) is 6.48. The average molecular weight is 352 g/mol. The molecule has 1 N–H and O–H groups in total. The van der Waals surface area contributed by atoms with Crippen molar-refractivity contribution in [2.45, 2.75) is 25.8 Å². The van der Waals surface area contributed by atoms with E-state index in [4.69, 9.17) is 4.74 Å². The summed E-state index contributed by atoms with van der Waals surface area (Å²) in [5.74, 6) is -0.574. The lowest BCUT2D eigenvalue weighted by Gasteiger charge is -2.24. The van der Waals surface area contributed by atoms with E-state index in [1.807, 2.05) is 13.1 Å². The Balaban J connectivity index is 1.66. The van der Waals surface area contributed by atoms with Gasteiger partial charge in [-0.15, -0.1) is 0 Å². The second-order valence-electron chi connectivity index (χ2n) is 6.48. The van der Waals surface area contributed by atoms with Gasteiger partial charge in [0.2, 0.25) is 5.91 Å². The number of carbonyl (C=O) groups excluding carboxylic acids is 2. The van der Waals surface area contributed by atoms with Crippen LogP contribution in [-0.4, -0.2) is 37.0 Å². The number of aryl methyl sites for hydroxylation is 1. The number of para-hydroxylation sites is 1. The summed E-state index contributed by atoms with van der Waals surface area (Å²) in [5.41, 5.74) is 3.51. The Hall–Kier alpha value is -2.66. The molecule has 0 saturated heterocycles. The summed E-state index contributed by atoms with van der Waals surface area (Å²) in [7, 11) is 1.96. The van der Waals surface area contributed by atoms with Crippen molar-refractivity contribution < 1.29 is 14.3 Å². The van der Waals surface area contributed by atoms with Crippen molar-refractivity contribution in [2.24, 2.45) is 0 Å². The number of nitrogens with zero attached hydrogens (tertiary/aromatic N) is 1. The van der Waals surface area contributed by atoms with Crippen LogP contribution in [0.4, 0.5) is 5.69 Å². The zero-order valence-electron chi connectivity index (χ0n) is 15.2. The monoisotopic (exact) mass is 352 g/mol. The van der Waals surface area contributed by atoms with E-state index in [0.717, 1.165) is 12.8 Å². The molecule has 1 atom stereocenters. The third kappa shape index (κ3) is 3.94. The Morgan fingerprint density at radius 3 is 2.69 bits per heavy atom. The van der Waals surface area contributed by atoms with E-state index in [-0.39, 0.29) is 18.5 Å². The van der Waals surface area contributed by atoms with Crippen LogP contribution in [0.25, 0.3) is 0 Å². The van der Waals surface area contributed by atoms with Crippen molar-refractivity contribution in [3.05, 3.63) is 65.2 Å². The summed E-state index contributed by atoms with van der Waals surface area (Å²) in [5, 5.41) is 2.85. The van der Waals surface area contributed by atoms with Gasteiger partial charge in [0.25, 0.3) is 0 Å². The van der Waals surface area contributed by atoms with Crippen LogP contribution in [0, 0.1) is 0 Å². The molecule has 2 aromatic carbocycles. The van der Waals surface area contributed by atoms with E-state index >= 15 is 0 Å². The molecule has 0 saturated carbocycles.